The molecule has 0 aromatic rings. The highest BCUT2D eigenvalue weighted by molar-refractivity contribution is 5.85. The van der Waals surface area contributed by atoms with Crippen molar-refractivity contribution >= 4 is 12.4 Å². The van der Waals surface area contributed by atoms with Gasteiger partial charge >= 0.3 is 0 Å². The van der Waals surface area contributed by atoms with Gasteiger partial charge in [-0.15, -0.1) is 12.4 Å². The quantitative estimate of drug-likeness (QED) is 0.111. The van der Waals surface area contributed by atoms with Gasteiger partial charge in [0, 0.05) is 5.54 Å². The van der Waals surface area contributed by atoms with Crippen molar-refractivity contribution in [1.82, 2.24) is 0 Å². The maximum absolute atomic E-state index is 6.56. The number of halogens is 1. The lowest BCUT2D eigenvalue weighted by Gasteiger charge is -2.31. The molecule has 0 unspecified atom stereocenters. The molecule has 0 amide bonds. The van der Waals surface area contributed by atoms with Crippen LogP contribution in [0, 0.1) is 5.92 Å². The molecule has 2 N–H and O–H groups in total. The first-order valence-electron chi connectivity index (χ1n) is 15.8. The Hall–Kier alpha value is 0.250. The summed E-state index contributed by atoms with van der Waals surface area (Å²) in [6.45, 7) is 9.13. The number of unbranched alkanes of at least 4 members (excludes halogenated alkanes) is 22. The molecule has 1 nitrogen and oxygen atoms in total. The summed E-state index contributed by atoms with van der Waals surface area (Å²) in [5.74, 6) is 0.712. The number of nitrogens with two attached hydrogens (primary N) is 1. The van der Waals surface area contributed by atoms with Crippen LogP contribution in [0.2, 0.25) is 0 Å². The highest BCUT2D eigenvalue weighted by Gasteiger charge is 2.23. The lowest BCUT2D eigenvalue weighted by Crippen LogP contribution is -2.40. The fraction of sp³-hybridized carbons (Fsp3) is 1.00. The summed E-state index contributed by atoms with van der Waals surface area (Å²) in [6.07, 6.45) is 37.2. The highest BCUT2D eigenvalue weighted by Crippen LogP contribution is 2.27. The van der Waals surface area contributed by atoms with Gasteiger partial charge < -0.3 is 5.73 Å². The monoisotopic (exact) mass is 502 g/mol. The van der Waals surface area contributed by atoms with Crippen LogP contribution in [-0.4, -0.2) is 5.54 Å². The van der Waals surface area contributed by atoms with Crippen LogP contribution in [-0.2, 0) is 0 Å². The molecule has 0 saturated heterocycles. The Labute approximate surface area is 224 Å². The number of rotatable bonds is 27. The van der Waals surface area contributed by atoms with Crippen LogP contribution in [0.1, 0.15) is 195 Å². The average molecular weight is 502 g/mol. The van der Waals surface area contributed by atoms with Gasteiger partial charge in [-0.05, 0) is 32.6 Å². The molecule has 0 bridgehead atoms. The fourth-order valence-electron chi connectivity index (χ4n) is 5.35. The van der Waals surface area contributed by atoms with Gasteiger partial charge in [0.2, 0.25) is 0 Å². The van der Waals surface area contributed by atoms with Crippen molar-refractivity contribution in [3.8, 4) is 0 Å². The Bertz CT molecular complexity index is 335. The van der Waals surface area contributed by atoms with E-state index in [1.807, 2.05) is 0 Å². The van der Waals surface area contributed by atoms with Gasteiger partial charge in [0.05, 0.1) is 0 Å². The van der Waals surface area contributed by atoms with Crippen molar-refractivity contribution in [2.24, 2.45) is 11.7 Å². The second-order valence-electron chi connectivity index (χ2n) is 11.9. The van der Waals surface area contributed by atoms with E-state index in [0.717, 1.165) is 0 Å². The van der Waals surface area contributed by atoms with Gasteiger partial charge in [-0.2, -0.15) is 0 Å². The molecule has 208 valence electrons. The Balaban J connectivity index is 0. The third kappa shape index (κ3) is 26.8. The molecule has 0 spiro atoms. The van der Waals surface area contributed by atoms with Crippen LogP contribution in [0.3, 0.4) is 0 Å². The summed E-state index contributed by atoms with van der Waals surface area (Å²) in [5.41, 5.74) is 6.55. The molecule has 0 saturated carbocycles. The molecule has 0 heterocycles. The first-order valence-corrected chi connectivity index (χ1v) is 15.8. The van der Waals surface area contributed by atoms with Crippen molar-refractivity contribution in [2.75, 3.05) is 0 Å². The molecule has 34 heavy (non-hydrogen) atoms. The smallest absolute Gasteiger partial charge is 0.0125 e. The van der Waals surface area contributed by atoms with Gasteiger partial charge in [-0.1, -0.05) is 168 Å². The van der Waals surface area contributed by atoms with Crippen LogP contribution in [0.4, 0.5) is 0 Å². The summed E-state index contributed by atoms with van der Waals surface area (Å²) >= 11 is 0. The van der Waals surface area contributed by atoms with E-state index < -0.39 is 0 Å². The zero-order valence-corrected chi connectivity index (χ0v) is 25.3. The zero-order valence-electron chi connectivity index (χ0n) is 24.4. The van der Waals surface area contributed by atoms with Crippen LogP contribution in [0.25, 0.3) is 0 Å². The van der Waals surface area contributed by atoms with Crippen molar-refractivity contribution in [1.29, 1.82) is 0 Å². The van der Waals surface area contributed by atoms with Crippen LogP contribution in [0.5, 0.6) is 0 Å². The van der Waals surface area contributed by atoms with Crippen molar-refractivity contribution in [2.45, 2.75) is 200 Å². The normalized spacial score (nSPS) is 11.8. The molecule has 0 aliphatic rings. The molecule has 0 rings (SSSR count). The Morgan fingerprint density at radius 3 is 0.824 bits per heavy atom. The predicted molar refractivity (Wildman–Crippen MR) is 160 cm³/mol. The van der Waals surface area contributed by atoms with Gasteiger partial charge in [-0.25, -0.2) is 0 Å². The van der Waals surface area contributed by atoms with E-state index in [9.17, 15) is 0 Å². The molecule has 2 heteroatoms. The molecule has 0 atom stereocenters. The standard InChI is InChI=1S/C32H67N.ClH/c1-5-7-9-11-13-15-17-19-21-23-25-27-29-31(32(3,4)33)30-28-26-24-22-20-18-16-14-12-10-8-6-2;/h31H,5-30,33H2,1-4H3;1H. The molecular weight excluding hydrogens is 434 g/mol. The Kier molecular flexibility index (Phi) is 29.8. The van der Waals surface area contributed by atoms with E-state index in [1.165, 1.54) is 167 Å². The van der Waals surface area contributed by atoms with E-state index in [0.29, 0.717) is 5.92 Å². The Morgan fingerprint density at radius 2 is 0.618 bits per heavy atom. The second-order valence-corrected chi connectivity index (χ2v) is 11.9. The molecule has 0 aromatic heterocycles. The van der Waals surface area contributed by atoms with E-state index in [2.05, 4.69) is 27.7 Å². The van der Waals surface area contributed by atoms with Gasteiger partial charge in [0.25, 0.3) is 0 Å². The molecule has 0 aliphatic heterocycles. The summed E-state index contributed by atoms with van der Waals surface area (Å²) in [4.78, 5) is 0. The summed E-state index contributed by atoms with van der Waals surface area (Å²) in [6, 6.07) is 0. The highest BCUT2D eigenvalue weighted by atomic mass is 35.5. The fourth-order valence-corrected chi connectivity index (χ4v) is 5.35. The first-order chi connectivity index (χ1) is 16.0. The van der Waals surface area contributed by atoms with Crippen LogP contribution < -0.4 is 5.73 Å². The molecule has 0 fully saturated rings. The molecule has 0 aliphatic carbocycles. The third-order valence-electron chi connectivity index (χ3n) is 7.86. The second kappa shape index (κ2) is 27.8. The van der Waals surface area contributed by atoms with Crippen LogP contribution >= 0.6 is 12.4 Å². The van der Waals surface area contributed by atoms with E-state index in [4.69, 9.17) is 5.73 Å². The predicted octanol–water partition coefficient (Wildman–Crippen LogP) is 11.9. The minimum absolute atomic E-state index is 0. The maximum atomic E-state index is 6.56. The topological polar surface area (TPSA) is 26.0 Å². The SMILES string of the molecule is CCCCCCCCCCCCCCC(CCCCCCCCCCCCCC)C(C)(C)N.Cl. The number of hydrogen-bond acceptors (Lipinski definition) is 1. The number of hydrogen-bond donors (Lipinski definition) is 1. The van der Waals surface area contributed by atoms with E-state index in [-0.39, 0.29) is 17.9 Å². The van der Waals surface area contributed by atoms with Crippen molar-refractivity contribution < 1.29 is 0 Å². The maximum Gasteiger partial charge on any atom is 0.0125 e. The average Bonchev–Trinajstić information content (AvgIpc) is 2.78. The van der Waals surface area contributed by atoms with Gasteiger partial charge in [0.1, 0.15) is 0 Å². The Morgan fingerprint density at radius 1 is 0.412 bits per heavy atom. The van der Waals surface area contributed by atoms with E-state index in [1.54, 1.807) is 0 Å². The lowest BCUT2D eigenvalue weighted by molar-refractivity contribution is 0.267. The van der Waals surface area contributed by atoms with E-state index >= 15 is 0 Å². The minimum atomic E-state index is -0.00441. The largest absolute Gasteiger partial charge is 0.325 e. The van der Waals surface area contributed by atoms with Gasteiger partial charge in [-0.3, -0.25) is 0 Å². The summed E-state index contributed by atoms with van der Waals surface area (Å²) in [7, 11) is 0. The van der Waals surface area contributed by atoms with Gasteiger partial charge in [0.15, 0.2) is 0 Å². The lowest BCUT2D eigenvalue weighted by atomic mass is 9.80. The van der Waals surface area contributed by atoms with Crippen molar-refractivity contribution in [3.63, 3.8) is 0 Å². The zero-order chi connectivity index (χ0) is 24.5. The summed E-state index contributed by atoms with van der Waals surface area (Å²) in [5, 5.41) is 0. The van der Waals surface area contributed by atoms with Crippen LogP contribution in [0.15, 0.2) is 0 Å². The minimum Gasteiger partial charge on any atom is -0.325 e. The molecule has 0 radical (unpaired) electrons. The van der Waals surface area contributed by atoms with Crippen molar-refractivity contribution in [3.05, 3.63) is 0 Å². The molecule has 0 aromatic carbocycles. The molecular formula is C32H68ClN. The first kappa shape index (κ1) is 36.4. The summed E-state index contributed by atoms with van der Waals surface area (Å²) < 4.78 is 0. The third-order valence-corrected chi connectivity index (χ3v) is 7.86.